The molecule has 0 aliphatic carbocycles. The SMILES string of the molecule is CCCCCN(C)Cc1ccnc(N)c1. The van der Waals surface area contributed by atoms with Crippen molar-refractivity contribution in [2.24, 2.45) is 0 Å². The summed E-state index contributed by atoms with van der Waals surface area (Å²) in [6.07, 6.45) is 5.62. The van der Waals surface area contributed by atoms with Crippen molar-refractivity contribution in [1.29, 1.82) is 0 Å². The third-order valence-electron chi connectivity index (χ3n) is 2.44. The summed E-state index contributed by atoms with van der Waals surface area (Å²) < 4.78 is 0. The van der Waals surface area contributed by atoms with Crippen LogP contribution in [0.15, 0.2) is 18.3 Å². The van der Waals surface area contributed by atoms with Crippen molar-refractivity contribution >= 4 is 5.82 Å². The summed E-state index contributed by atoms with van der Waals surface area (Å²) >= 11 is 0. The predicted octanol–water partition coefficient (Wildman–Crippen LogP) is 2.29. The van der Waals surface area contributed by atoms with E-state index >= 15 is 0 Å². The van der Waals surface area contributed by atoms with Crippen molar-refractivity contribution < 1.29 is 0 Å². The van der Waals surface area contributed by atoms with Crippen LogP contribution in [0.2, 0.25) is 0 Å². The Labute approximate surface area is 92.3 Å². The second-order valence-corrected chi connectivity index (χ2v) is 4.03. The van der Waals surface area contributed by atoms with Gasteiger partial charge in [0.25, 0.3) is 0 Å². The Bertz CT molecular complexity index is 286. The first kappa shape index (κ1) is 12.0. The predicted molar refractivity (Wildman–Crippen MR) is 64.5 cm³/mol. The summed E-state index contributed by atoms with van der Waals surface area (Å²) in [6, 6.07) is 3.96. The van der Waals surface area contributed by atoms with Crippen molar-refractivity contribution in [3.8, 4) is 0 Å². The smallest absolute Gasteiger partial charge is 0.123 e. The lowest BCUT2D eigenvalue weighted by atomic mass is 10.2. The molecule has 0 radical (unpaired) electrons. The summed E-state index contributed by atoms with van der Waals surface area (Å²) in [6.45, 7) is 4.33. The zero-order chi connectivity index (χ0) is 11.1. The molecular weight excluding hydrogens is 186 g/mol. The minimum Gasteiger partial charge on any atom is -0.384 e. The fourth-order valence-electron chi connectivity index (χ4n) is 1.62. The number of unbranched alkanes of at least 4 members (excludes halogenated alkanes) is 2. The number of aromatic nitrogens is 1. The molecule has 0 aliphatic rings. The fraction of sp³-hybridized carbons (Fsp3) is 0.583. The molecule has 1 aromatic rings. The van der Waals surface area contributed by atoms with E-state index in [1.54, 1.807) is 6.20 Å². The first-order valence-electron chi connectivity index (χ1n) is 5.61. The molecule has 84 valence electrons. The van der Waals surface area contributed by atoms with Crippen LogP contribution in [0, 0.1) is 0 Å². The normalized spacial score (nSPS) is 10.9. The van der Waals surface area contributed by atoms with Gasteiger partial charge in [0.1, 0.15) is 5.82 Å². The van der Waals surface area contributed by atoms with Gasteiger partial charge in [-0.1, -0.05) is 19.8 Å². The molecule has 0 saturated heterocycles. The van der Waals surface area contributed by atoms with Crippen LogP contribution in [-0.4, -0.2) is 23.5 Å². The van der Waals surface area contributed by atoms with Crippen molar-refractivity contribution in [1.82, 2.24) is 9.88 Å². The van der Waals surface area contributed by atoms with Gasteiger partial charge in [-0.15, -0.1) is 0 Å². The third kappa shape index (κ3) is 4.79. The van der Waals surface area contributed by atoms with Crippen molar-refractivity contribution in [2.75, 3.05) is 19.3 Å². The molecule has 2 N–H and O–H groups in total. The number of hydrogen-bond acceptors (Lipinski definition) is 3. The van der Waals surface area contributed by atoms with Crippen molar-refractivity contribution in [3.05, 3.63) is 23.9 Å². The Morgan fingerprint density at radius 1 is 1.40 bits per heavy atom. The summed E-state index contributed by atoms with van der Waals surface area (Å²) in [7, 11) is 2.15. The molecule has 0 aromatic carbocycles. The topological polar surface area (TPSA) is 42.2 Å². The molecule has 0 unspecified atom stereocenters. The second-order valence-electron chi connectivity index (χ2n) is 4.03. The van der Waals surface area contributed by atoms with Gasteiger partial charge in [0.05, 0.1) is 0 Å². The standard InChI is InChI=1S/C12H21N3/c1-3-4-5-8-15(2)10-11-6-7-14-12(13)9-11/h6-7,9H,3-5,8,10H2,1-2H3,(H2,13,14). The number of pyridine rings is 1. The number of nitrogen functional groups attached to an aromatic ring is 1. The van der Waals surface area contributed by atoms with Crippen molar-refractivity contribution in [2.45, 2.75) is 32.7 Å². The lowest BCUT2D eigenvalue weighted by molar-refractivity contribution is 0.318. The van der Waals surface area contributed by atoms with E-state index in [2.05, 4.69) is 23.9 Å². The Balaban J connectivity index is 2.34. The third-order valence-corrected chi connectivity index (χ3v) is 2.44. The van der Waals surface area contributed by atoms with E-state index in [0.29, 0.717) is 5.82 Å². The molecular formula is C12H21N3. The van der Waals surface area contributed by atoms with E-state index in [9.17, 15) is 0 Å². The second kappa shape index (κ2) is 6.40. The van der Waals surface area contributed by atoms with Crippen LogP contribution in [0.3, 0.4) is 0 Å². The van der Waals surface area contributed by atoms with Gasteiger partial charge in [-0.25, -0.2) is 4.98 Å². The van der Waals surface area contributed by atoms with E-state index in [1.807, 2.05) is 12.1 Å². The Kier molecular flexibility index (Phi) is 5.12. The van der Waals surface area contributed by atoms with Crippen LogP contribution in [0.4, 0.5) is 5.82 Å². The Hall–Kier alpha value is -1.09. The summed E-state index contributed by atoms with van der Waals surface area (Å²) in [5, 5.41) is 0. The summed E-state index contributed by atoms with van der Waals surface area (Å²) in [5.74, 6) is 0.606. The largest absolute Gasteiger partial charge is 0.384 e. The van der Waals surface area contributed by atoms with E-state index in [-0.39, 0.29) is 0 Å². The highest BCUT2D eigenvalue weighted by Gasteiger charge is 2.00. The van der Waals surface area contributed by atoms with Crippen LogP contribution in [-0.2, 0) is 6.54 Å². The lowest BCUT2D eigenvalue weighted by Gasteiger charge is -2.16. The van der Waals surface area contributed by atoms with E-state index in [0.717, 1.165) is 13.1 Å². The molecule has 1 heterocycles. The maximum atomic E-state index is 5.63. The molecule has 1 rings (SSSR count). The highest BCUT2D eigenvalue weighted by molar-refractivity contribution is 5.31. The van der Waals surface area contributed by atoms with Crippen LogP contribution in [0.25, 0.3) is 0 Å². The average Bonchev–Trinajstić information content (AvgIpc) is 2.18. The van der Waals surface area contributed by atoms with Gasteiger partial charge < -0.3 is 10.6 Å². The zero-order valence-electron chi connectivity index (χ0n) is 9.74. The van der Waals surface area contributed by atoms with Crippen LogP contribution in [0.5, 0.6) is 0 Å². The van der Waals surface area contributed by atoms with Gasteiger partial charge in [-0.05, 0) is 37.7 Å². The minimum absolute atomic E-state index is 0.606. The van der Waals surface area contributed by atoms with Gasteiger partial charge in [0.2, 0.25) is 0 Å². The van der Waals surface area contributed by atoms with Crippen LogP contribution in [0.1, 0.15) is 31.7 Å². The molecule has 0 atom stereocenters. The van der Waals surface area contributed by atoms with E-state index in [1.165, 1.54) is 24.8 Å². The minimum atomic E-state index is 0.606. The number of rotatable bonds is 6. The van der Waals surface area contributed by atoms with Gasteiger partial charge in [0, 0.05) is 12.7 Å². The van der Waals surface area contributed by atoms with Crippen LogP contribution >= 0.6 is 0 Å². The number of nitrogens with two attached hydrogens (primary N) is 1. The lowest BCUT2D eigenvalue weighted by Crippen LogP contribution is -2.19. The van der Waals surface area contributed by atoms with Crippen molar-refractivity contribution in [3.63, 3.8) is 0 Å². The molecule has 0 saturated carbocycles. The van der Waals surface area contributed by atoms with Gasteiger partial charge in [0.15, 0.2) is 0 Å². The molecule has 3 nitrogen and oxygen atoms in total. The fourth-order valence-corrected chi connectivity index (χ4v) is 1.62. The molecule has 0 fully saturated rings. The Morgan fingerprint density at radius 3 is 2.87 bits per heavy atom. The highest BCUT2D eigenvalue weighted by atomic mass is 15.1. The van der Waals surface area contributed by atoms with Gasteiger partial charge in [-0.3, -0.25) is 0 Å². The first-order chi connectivity index (χ1) is 7.22. The molecule has 15 heavy (non-hydrogen) atoms. The number of anilines is 1. The molecule has 0 bridgehead atoms. The quantitative estimate of drug-likeness (QED) is 0.728. The molecule has 3 heteroatoms. The molecule has 0 spiro atoms. The van der Waals surface area contributed by atoms with Gasteiger partial charge >= 0.3 is 0 Å². The summed E-state index contributed by atoms with van der Waals surface area (Å²) in [4.78, 5) is 6.31. The zero-order valence-corrected chi connectivity index (χ0v) is 9.74. The molecule has 0 aliphatic heterocycles. The summed E-state index contributed by atoms with van der Waals surface area (Å²) in [5.41, 5.74) is 6.86. The maximum absolute atomic E-state index is 5.63. The van der Waals surface area contributed by atoms with E-state index < -0.39 is 0 Å². The monoisotopic (exact) mass is 207 g/mol. The number of hydrogen-bond donors (Lipinski definition) is 1. The van der Waals surface area contributed by atoms with Crippen LogP contribution < -0.4 is 5.73 Å². The molecule has 1 aromatic heterocycles. The van der Waals surface area contributed by atoms with E-state index in [4.69, 9.17) is 5.73 Å². The number of nitrogens with zero attached hydrogens (tertiary/aromatic N) is 2. The maximum Gasteiger partial charge on any atom is 0.123 e. The molecule has 0 amide bonds. The average molecular weight is 207 g/mol. The highest BCUT2D eigenvalue weighted by Crippen LogP contribution is 2.06. The first-order valence-corrected chi connectivity index (χ1v) is 5.61. The Morgan fingerprint density at radius 2 is 2.20 bits per heavy atom. The van der Waals surface area contributed by atoms with Gasteiger partial charge in [-0.2, -0.15) is 0 Å².